The van der Waals surface area contributed by atoms with Gasteiger partial charge in [-0.25, -0.2) is 0 Å². The molecule has 0 atom stereocenters. The van der Waals surface area contributed by atoms with E-state index in [0.717, 1.165) is 11.1 Å². The Morgan fingerprint density at radius 1 is 1.10 bits per heavy atom. The Bertz CT molecular complexity index is 769. The molecule has 3 nitrogen and oxygen atoms in total. The fourth-order valence-electron chi connectivity index (χ4n) is 2.28. The van der Waals surface area contributed by atoms with Gasteiger partial charge in [-0.2, -0.15) is 0 Å². The van der Waals surface area contributed by atoms with Crippen molar-refractivity contribution in [2.45, 2.75) is 0 Å². The molecule has 0 unspecified atom stereocenters. The standard InChI is InChI=1S/C16H11Cl2NO2/c1-21-15-5-3-10(17)6-9(15)7-13-12-4-2-11(18)8-14(12)19-16(13)20/h2-8H,1H3,(H,19,20)/b13-7+. The molecule has 0 spiro atoms. The van der Waals surface area contributed by atoms with Gasteiger partial charge in [0, 0.05) is 26.7 Å². The van der Waals surface area contributed by atoms with Crippen LogP contribution in [-0.2, 0) is 4.79 Å². The van der Waals surface area contributed by atoms with Crippen molar-refractivity contribution in [1.82, 2.24) is 0 Å². The van der Waals surface area contributed by atoms with E-state index in [1.807, 2.05) is 6.07 Å². The molecule has 106 valence electrons. The minimum Gasteiger partial charge on any atom is -0.496 e. The lowest BCUT2D eigenvalue weighted by molar-refractivity contribution is -0.110. The van der Waals surface area contributed by atoms with Gasteiger partial charge in [0.15, 0.2) is 0 Å². The number of anilines is 1. The van der Waals surface area contributed by atoms with Gasteiger partial charge in [0.05, 0.1) is 12.8 Å². The molecule has 2 aromatic rings. The maximum atomic E-state index is 12.1. The Labute approximate surface area is 132 Å². The van der Waals surface area contributed by atoms with Crippen molar-refractivity contribution in [3.8, 4) is 5.75 Å². The number of amides is 1. The van der Waals surface area contributed by atoms with Crippen LogP contribution in [0.1, 0.15) is 11.1 Å². The third-order valence-electron chi connectivity index (χ3n) is 3.26. The molecular formula is C16H11Cl2NO2. The van der Waals surface area contributed by atoms with Crippen LogP contribution in [-0.4, -0.2) is 13.0 Å². The number of benzene rings is 2. The number of rotatable bonds is 2. The van der Waals surface area contributed by atoms with E-state index in [0.29, 0.717) is 27.1 Å². The van der Waals surface area contributed by atoms with Crippen LogP contribution in [0.2, 0.25) is 10.0 Å². The second kappa shape index (κ2) is 5.43. The van der Waals surface area contributed by atoms with Gasteiger partial charge < -0.3 is 10.1 Å². The van der Waals surface area contributed by atoms with E-state index < -0.39 is 0 Å². The van der Waals surface area contributed by atoms with Crippen molar-refractivity contribution in [3.05, 3.63) is 57.6 Å². The molecule has 0 aromatic heterocycles. The molecule has 0 fully saturated rings. The van der Waals surface area contributed by atoms with E-state index in [1.54, 1.807) is 43.5 Å². The zero-order chi connectivity index (χ0) is 15.0. The van der Waals surface area contributed by atoms with Crippen molar-refractivity contribution >= 4 is 46.4 Å². The SMILES string of the molecule is COc1ccc(Cl)cc1/C=C1/C(=O)Nc2cc(Cl)ccc21. The minimum atomic E-state index is -0.172. The van der Waals surface area contributed by atoms with Gasteiger partial charge in [-0.15, -0.1) is 0 Å². The first-order valence-electron chi connectivity index (χ1n) is 6.25. The molecule has 21 heavy (non-hydrogen) atoms. The lowest BCUT2D eigenvalue weighted by atomic mass is 10.0. The smallest absolute Gasteiger partial charge is 0.256 e. The Balaban J connectivity index is 2.13. The van der Waals surface area contributed by atoms with E-state index >= 15 is 0 Å². The first kappa shape index (κ1) is 14.0. The molecule has 2 aromatic carbocycles. The summed E-state index contributed by atoms with van der Waals surface area (Å²) in [6.07, 6.45) is 1.76. The molecule has 5 heteroatoms. The number of methoxy groups -OCH3 is 1. The summed E-state index contributed by atoms with van der Waals surface area (Å²) >= 11 is 12.0. The third kappa shape index (κ3) is 2.62. The Hall–Kier alpha value is -1.97. The molecular weight excluding hydrogens is 309 g/mol. The van der Waals surface area contributed by atoms with Crippen molar-refractivity contribution in [2.75, 3.05) is 12.4 Å². The monoisotopic (exact) mass is 319 g/mol. The molecule has 3 rings (SSSR count). The van der Waals surface area contributed by atoms with Crippen LogP contribution in [0.15, 0.2) is 36.4 Å². The van der Waals surface area contributed by atoms with Gasteiger partial charge in [-0.1, -0.05) is 29.3 Å². The normalized spacial score (nSPS) is 15.0. The van der Waals surface area contributed by atoms with E-state index in [-0.39, 0.29) is 5.91 Å². The number of ether oxygens (including phenoxy) is 1. The number of fused-ring (bicyclic) bond motifs is 1. The number of nitrogens with one attached hydrogen (secondary N) is 1. The molecule has 0 radical (unpaired) electrons. The number of halogens is 2. The molecule has 0 bridgehead atoms. The van der Waals surface area contributed by atoms with E-state index in [9.17, 15) is 4.79 Å². The van der Waals surface area contributed by atoms with Crippen molar-refractivity contribution in [1.29, 1.82) is 0 Å². The summed E-state index contributed by atoms with van der Waals surface area (Å²) < 4.78 is 5.30. The van der Waals surface area contributed by atoms with Gasteiger partial charge in [0.25, 0.3) is 5.91 Å². The average molecular weight is 320 g/mol. The maximum Gasteiger partial charge on any atom is 0.256 e. The highest BCUT2D eigenvalue weighted by Gasteiger charge is 2.24. The average Bonchev–Trinajstić information content (AvgIpc) is 2.74. The largest absolute Gasteiger partial charge is 0.496 e. The maximum absolute atomic E-state index is 12.1. The van der Waals surface area contributed by atoms with E-state index in [2.05, 4.69) is 5.32 Å². The second-order valence-corrected chi connectivity index (χ2v) is 5.46. The quantitative estimate of drug-likeness (QED) is 0.828. The highest BCUT2D eigenvalue weighted by atomic mass is 35.5. The number of hydrogen-bond donors (Lipinski definition) is 1. The molecule has 0 aliphatic carbocycles. The molecule has 1 N–H and O–H groups in total. The summed E-state index contributed by atoms with van der Waals surface area (Å²) in [5, 5.41) is 3.96. The van der Waals surface area contributed by atoms with Crippen molar-refractivity contribution in [3.63, 3.8) is 0 Å². The fourth-order valence-corrected chi connectivity index (χ4v) is 2.64. The highest BCUT2D eigenvalue weighted by Crippen LogP contribution is 2.36. The highest BCUT2D eigenvalue weighted by molar-refractivity contribution is 6.37. The van der Waals surface area contributed by atoms with Crippen LogP contribution in [0.3, 0.4) is 0 Å². The topological polar surface area (TPSA) is 38.3 Å². The van der Waals surface area contributed by atoms with E-state index in [1.165, 1.54) is 0 Å². The first-order valence-corrected chi connectivity index (χ1v) is 7.00. The summed E-state index contributed by atoms with van der Waals surface area (Å²) in [4.78, 5) is 12.1. The van der Waals surface area contributed by atoms with Crippen LogP contribution in [0.25, 0.3) is 11.6 Å². The molecule has 0 saturated heterocycles. The summed E-state index contributed by atoms with van der Waals surface area (Å²) in [5.74, 6) is 0.483. The predicted molar refractivity (Wildman–Crippen MR) is 86.0 cm³/mol. The minimum absolute atomic E-state index is 0.172. The molecule has 1 heterocycles. The second-order valence-electron chi connectivity index (χ2n) is 4.59. The van der Waals surface area contributed by atoms with Crippen molar-refractivity contribution in [2.24, 2.45) is 0 Å². The summed E-state index contributed by atoms with van der Waals surface area (Å²) in [6, 6.07) is 10.6. The number of carbonyl (C=O) groups is 1. The number of carbonyl (C=O) groups excluding carboxylic acids is 1. The van der Waals surface area contributed by atoms with Gasteiger partial charge in [0.2, 0.25) is 0 Å². The zero-order valence-corrected chi connectivity index (χ0v) is 12.6. The van der Waals surface area contributed by atoms with Gasteiger partial charge in [-0.05, 0) is 36.4 Å². The van der Waals surface area contributed by atoms with Crippen LogP contribution in [0.5, 0.6) is 5.75 Å². The molecule has 1 amide bonds. The number of hydrogen-bond acceptors (Lipinski definition) is 2. The van der Waals surface area contributed by atoms with Gasteiger partial charge >= 0.3 is 0 Å². The predicted octanol–water partition coefficient (Wildman–Crippen LogP) is 4.49. The Morgan fingerprint density at radius 3 is 2.57 bits per heavy atom. The Kier molecular flexibility index (Phi) is 3.62. The fraction of sp³-hybridized carbons (Fsp3) is 0.0625. The summed E-state index contributed by atoms with van der Waals surface area (Å²) in [5.41, 5.74) is 2.83. The molecule has 1 aliphatic rings. The van der Waals surface area contributed by atoms with Gasteiger partial charge in [0.1, 0.15) is 5.75 Å². The van der Waals surface area contributed by atoms with E-state index in [4.69, 9.17) is 27.9 Å². The molecule has 1 aliphatic heterocycles. The molecule has 0 saturated carbocycles. The first-order chi connectivity index (χ1) is 10.1. The lowest BCUT2D eigenvalue weighted by Gasteiger charge is -2.06. The van der Waals surface area contributed by atoms with Crippen LogP contribution < -0.4 is 10.1 Å². The van der Waals surface area contributed by atoms with Crippen LogP contribution >= 0.6 is 23.2 Å². The lowest BCUT2D eigenvalue weighted by Crippen LogP contribution is -2.03. The zero-order valence-electron chi connectivity index (χ0n) is 11.1. The van der Waals surface area contributed by atoms with Crippen LogP contribution in [0, 0.1) is 0 Å². The third-order valence-corrected chi connectivity index (χ3v) is 3.73. The summed E-state index contributed by atoms with van der Waals surface area (Å²) in [6.45, 7) is 0. The Morgan fingerprint density at radius 2 is 1.81 bits per heavy atom. The van der Waals surface area contributed by atoms with Gasteiger partial charge in [-0.3, -0.25) is 4.79 Å². The van der Waals surface area contributed by atoms with Crippen molar-refractivity contribution < 1.29 is 9.53 Å². The van der Waals surface area contributed by atoms with Crippen LogP contribution in [0.4, 0.5) is 5.69 Å². The summed E-state index contributed by atoms with van der Waals surface area (Å²) in [7, 11) is 1.58.